The molecule has 1 N–H and O–H groups in total. The van der Waals surface area contributed by atoms with Gasteiger partial charge in [-0.2, -0.15) is 0 Å². The van der Waals surface area contributed by atoms with Gasteiger partial charge < -0.3 is 14.8 Å². The zero-order chi connectivity index (χ0) is 15.1. The molecule has 120 valence electrons. The van der Waals surface area contributed by atoms with E-state index in [1.165, 1.54) is 51.5 Å². The van der Waals surface area contributed by atoms with Crippen molar-refractivity contribution in [3.05, 3.63) is 12.4 Å². The lowest BCUT2D eigenvalue weighted by atomic mass is 9.95. The van der Waals surface area contributed by atoms with E-state index in [9.17, 15) is 0 Å². The van der Waals surface area contributed by atoms with Gasteiger partial charge in [0.2, 0.25) is 5.95 Å². The van der Waals surface area contributed by atoms with E-state index in [1.807, 2.05) is 6.20 Å². The molecule has 0 aliphatic heterocycles. The third-order valence-electron chi connectivity index (χ3n) is 4.74. The van der Waals surface area contributed by atoms with E-state index in [0.29, 0.717) is 12.1 Å². The van der Waals surface area contributed by atoms with Crippen LogP contribution in [0.2, 0.25) is 0 Å². The molecule has 1 aliphatic rings. The van der Waals surface area contributed by atoms with Gasteiger partial charge in [-0.1, -0.05) is 19.3 Å². The largest absolute Gasteiger partial charge is 0.356 e. The minimum absolute atomic E-state index is 0.642. The van der Waals surface area contributed by atoms with Crippen molar-refractivity contribution in [1.82, 2.24) is 14.5 Å². The van der Waals surface area contributed by atoms with Gasteiger partial charge in [0.25, 0.3) is 0 Å². The van der Waals surface area contributed by atoms with E-state index in [0.717, 1.165) is 12.5 Å². The summed E-state index contributed by atoms with van der Waals surface area (Å²) in [5, 5.41) is 3.53. The molecule has 0 amide bonds. The molecule has 0 spiro atoms. The van der Waals surface area contributed by atoms with Crippen LogP contribution in [0.1, 0.15) is 64.8 Å². The van der Waals surface area contributed by atoms with Crippen LogP contribution in [0.5, 0.6) is 0 Å². The standard InChI is InChI=1S/C17H32N4/c1-15(2)20(3)13-8-7-11-18-17-19-12-14-21(17)16-9-5-4-6-10-16/h12,14-16H,4-11,13H2,1-3H3,(H,18,19). The van der Waals surface area contributed by atoms with Gasteiger partial charge in [0.05, 0.1) is 0 Å². The number of nitrogens with zero attached hydrogens (tertiary/aromatic N) is 3. The fourth-order valence-electron chi connectivity index (χ4n) is 3.05. The van der Waals surface area contributed by atoms with Crippen molar-refractivity contribution in [3.8, 4) is 0 Å². The highest BCUT2D eigenvalue weighted by Crippen LogP contribution is 2.30. The SMILES string of the molecule is CC(C)N(C)CCCCNc1nccn1C1CCCCC1. The number of unbranched alkanes of at least 4 members (excludes halogenated alkanes) is 1. The number of anilines is 1. The minimum Gasteiger partial charge on any atom is -0.356 e. The first-order chi connectivity index (χ1) is 10.2. The number of rotatable bonds is 8. The van der Waals surface area contributed by atoms with Crippen molar-refractivity contribution in [2.45, 2.75) is 70.9 Å². The van der Waals surface area contributed by atoms with Crippen LogP contribution in [-0.2, 0) is 0 Å². The zero-order valence-electron chi connectivity index (χ0n) is 14.0. The van der Waals surface area contributed by atoms with Gasteiger partial charge in [-0.15, -0.1) is 0 Å². The third-order valence-corrected chi connectivity index (χ3v) is 4.74. The third kappa shape index (κ3) is 5.03. The van der Waals surface area contributed by atoms with Crippen LogP contribution in [0.15, 0.2) is 12.4 Å². The Bertz CT molecular complexity index is 393. The van der Waals surface area contributed by atoms with E-state index >= 15 is 0 Å². The molecule has 0 radical (unpaired) electrons. The molecule has 1 heterocycles. The number of hydrogen-bond donors (Lipinski definition) is 1. The predicted molar refractivity (Wildman–Crippen MR) is 89.8 cm³/mol. The smallest absolute Gasteiger partial charge is 0.203 e. The van der Waals surface area contributed by atoms with Crippen molar-refractivity contribution in [2.24, 2.45) is 0 Å². The van der Waals surface area contributed by atoms with Crippen LogP contribution < -0.4 is 5.32 Å². The van der Waals surface area contributed by atoms with Crippen molar-refractivity contribution >= 4 is 5.95 Å². The van der Waals surface area contributed by atoms with Crippen LogP contribution in [0.25, 0.3) is 0 Å². The summed E-state index contributed by atoms with van der Waals surface area (Å²) in [6, 6.07) is 1.30. The summed E-state index contributed by atoms with van der Waals surface area (Å²) in [5.74, 6) is 1.07. The topological polar surface area (TPSA) is 33.1 Å². The maximum absolute atomic E-state index is 4.49. The molecule has 0 unspecified atom stereocenters. The van der Waals surface area contributed by atoms with Gasteiger partial charge in [-0.05, 0) is 53.1 Å². The Balaban J connectivity index is 1.70. The molecular weight excluding hydrogens is 260 g/mol. The maximum atomic E-state index is 4.49. The van der Waals surface area contributed by atoms with Crippen LogP contribution in [0.4, 0.5) is 5.95 Å². The molecule has 1 aromatic rings. The fourth-order valence-corrected chi connectivity index (χ4v) is 3.05. The van der Waals surface area contributed by atoms with Crippen molar-refractivity contribution < 1.29 is 0 Å². The number of aromatic nitrogens is 2. The lowest BCUT2D eigenvalue weighted by molar-refractivity contribution is 0.269. The highest BCUT2D eigenvalue weighted by Gasteiger charge is 2.17. The Labute approximate surface area is 129 Å². The molecule has 0 bridgehead atoms. The maximum Gasteiger partial charge on any atom is 0.203 e. The Morgan fingerprint density at radius 3 is 2.76 bits per heavy atom. The van der Waals surface area contributed by atoms with Crippen molar-refractivity contribution in [3.63, 3.8) is 0 Å². The number of imidazole rings is 1. The average Bonchev–Trinajstić information content (AvgIpc) is 2.96. The molecule has 1 aromatic heterocycles. The molecule has 0 atom stereocenters. The summed E-state index contributed by atoms with van der Waals surface area (Å²) in [7, 11) is 2.20. The summed E-state index contributed by atoms with van der Waals surface area (Å²) >= 11 is 0. The Hall–Kier alpha value is -1.03. The predicted octanol–water partition coefficient (Wildman–Crippen LogP) is 3.92. The average molecular weight is 292 g/mol. The normalized spacial score (nSPS) is 16.8. The molecule has 21 heavy (non-hydrogen) atoms. The molecular formula is C17H32N4. The lowest BCUT2D eigenvalue weighted by Gasteiger charge is -2.25. The van der Waals surface area contributed by atoms with E-state index in [2.05, 4.69) is 46.9 Å². The number of hydrogen-bond acceptors (Lipinski definition) is 3. The quantitative estimate of drug-likeness (QED) is 0.737. The van der Waals surface area contributed by atoms with Crippen LogP contribution in [0, 0.1) is 0 Å². The first-order valence-corrected chi connectivity index (χ1v) is 8.65. The molecule has 4 nitrogen and oxygen atoms in total. The summed E-state index contributed by atoms with van der Waals surface area (Å²) in [4.78, 5) is 6.90. The fraction of sp³-hybridized carbons (Fsp3) is 0.824. The Morgan fingerprint density at radius 2 is 2.05 bits per heavy atom. The number of nitrogens with one attached hydrogen (secondary N) is 1. The molecule has 1 aliphatic carbocycles. The second-order valence-electron chi connectivity index (χ2n) is 6.66. The highest BCUT2D eigenvalue weighted by atomic mass is 15.2. The van der Waals surface area contributed by atoms with Gasteiger partial charge in [0.1, 0.15) is 0 Å². The summed E-state index contributed by atoms with van der Waals surface area (Å²) in [6.07, 6.45) is 13.3. The van der Waals surface area contributed by atoms with Crippen LogP contribution in [0.3, 0.4) is 0 Å². The Kier molecular flexibility index (Phi) is 6.55. The van der Waals surface area contributed by atoms with E-state index in [4.69, 9.17) is 0 Å². The molecule has 0 saturated heterocycles. The van der Waals surface area contributed by atoms with Crippen LogP contribution in [-0.4, -0.2) is 40.6 Å². The summed E-state index contributed by atoms with van der Waals surface area (Å²) in [6.45, 7) is 6.70. The molecule has 4 heteroatoms. The summed E-state index contributed by atoms with van der Waals surface area (Å²) in [5.41, 5.74) is 0. The van der Waals surface area contributed by atoms with Crippen molar-refractivity contribution in [1.29, 1.82) is 0 Å². The first kappa shape index (κ1) is 16.3. The highest BCUT2D eigenvalue weighted by molar-refractivity contribution is 5.26. The van der Waals surface area contributed by atoms with Gasteiger partial charge in [0.15, 0.2) is 0 Å². The Morgan fingerprint density at radius 1 is 1.29 bits per heavy atom. The molecule has 2 rings (SSSR count). The second kappa shape index (κ2) is 8.42. The van der Waals surface area contributed by atoms with Crippen molar-refractivity contribution in [2.75, 3.05) is 25.5 Å². The molecule has 1 saturated carbocycles. The second-order valence-corrected chi connectivity index (χ2v) is 6.66. The van der Waals surface area contributed by atoms with Gasteiger partial charge >= 0.3 is 0 Å². The minimum atomic E-state index is 0.642. The van der Waals surface area contributed by atoms with Crippen LogP contribution >= 0.6 is 0 Å². The molecule has 0 aromatic carbocycles. The van der Waals surface area contributed by atoms with Gasteiger partial charge in [0, 0.05) is 31.0 Å². The summed E-state index contributed by atoms with van der Waals surface area (Å²) < 4.78 is 2.36. The zero-order valence-corrected chi connectivity index (χ0v) is 14.0. The van der Waals surface area contributed by atoms with Gasteiger partial charge in [-0.25, -0.2) is 4.98 Å². The van der Waals surface area contributed by atoms with Gasteiger partial charge in [-0.3, -0.25) is 0 Å². The monoisotopic (exact) mass is 292 g/mol. The van der Waals surface area contributed by atoms with E-state index < -0.39 is 0 Å². The van der Waals surface area contributed by atoms with E-state index in [-0.39, 0.29) is 0 Å². The lowest BCUT2D eigenvalue weighted by Crippen LogP contribution is -2.27. The molecule has 1 fully saturated rings. The van der Waals surface area contributed by atoms with E-state index in [1.54, 1.807) is 0 Å². The first-order valence-electron chi connectivity index (χ1n) is 8.65.